The van der Waals surface area contributed by atoms with Crippen LogP contribution < -0.4 is 5.32 Å². The van der Waals surface area contributed by atoms with Gasteiger partial charge in [-0.15, -0.1) is 0 Å². The summed E-state index contributed by atoms with van der Waals surface area (Å²) < 4.78 is 0. The second-order valence-corrected chi connectivity index (χ2v) is 5.47. The summed E-state index contributed by atoms with van der Waals surface area (Å²) in [4.78, 5) is 10.7. The van der Waals surface area contributed by atoms with Crippen LogP contribution in [0.3, 0.4) is 0 Å². The minimum absolute atomic E-state index is 0.212. The van der Waals surface area contributed by atoms with Crippen LogP contribution >= 0.6 is 0 Å². The Morgan fingerprint density at radius 3 is 2.47 bits per heavy atom. The van der Waals surface area contributed by atoms with E-state index < -0.39 is 0 Å². The molecule has 0 amide bonds. The maximum absolute atomic E-state index is 11.0. The van der Waals surface area contributed by atoms with Gasteiger partial charge < -0.3 is 5.32 Å². The van der Waals surface area contributed by atoms with Gasteiger partial charge in [-0.1, -0.05) is 26.8 Å². The molecule has 1 aromatic carbocycles. The smallest absolute Gasteiger partial charge is 0.274 e. The van der Waals surface area contributed by atoms with Gasteiger partial charge in [-0.2, -0.15) is 0 Å². The highest BCUT2D eigenvalue weighted by molar-refractivity contribution is 5.55. The predicted molar refractivity (Wildman–Crippen MR) is 79.6 cm³/mol. The lowest BCUT2D eigenvalue weighted by Crippen LogP contribution is -2.16. The molecule has 19 heavy (non-hydrogen) atoms. The molecule has 0 saturated carbocycles. The number of aryl methyl sites for hydroxylation is 1. The molecule has 0 saturated heterocycles. The van der Waals surface area contributed by atoms with Crippen molar-refractivity contribution in [3.8, 4) is 0 Å². The van der Waals surface area contributed by atoms with E-state index in [0.29, 0.717) is 18.4 Å². The van der Waals surface area contributed by atoms with Crippen LogP contribution in [0, 0.1) is 16.0 Å². The molecule has 0 fully saturated rings. The molecule has 0 aliphatic carbocycles. The van der Waals surface area contributed by atoms with Crippen LogP contribution in [-0.4, -0.2) is 11.0 Å². The van der Waals surface area contributed by atoms with E-state index in [0.717, 1.165) is 24.1 Å². The maximum Gasteiger partial charge on any atom is 0.274 e. The molecule has 1 unspecified atom stereocenters. The van der Waals surface area contributed by atoms with Gasteiger partial charge in [-0.25, -0.2) is 0 Å². The van der Waals surface area contributed by atoms with Crippen molar-refractivity contribution in [2.24, 2.45) is 5.92 Å². The summed E-state index contributed by atoms with van der Waals surface area (Å²) in [5, 5.41) is 14.4. The van der Waals surface area contributed by atoms with E-state index in [9.17, 15) is 10.1 Å². The van der Waals surface area contributed by atoms with Crippen molar-refractivity contribution in [3.63, 3.8) is 0 Å². The Balaban J connectivity index is 2.74. The summed E-state index contributed by atoms with van der Waals surface area (Å²) in [5.74, 6) is 0.682. The molecule has 0 radical (unpaired) electrons. The van der Waals surface area contributed by atoms with E-state index in [-0.39, 0.29) is 10.6 Å². The molecule has 106 valence electrons. The second kappa shape index (κ2) is 7.12. The predicted octanol–water partition coefficient (Wildman–Crippen LogP) is 4.39. The van der Waals surface area contributed by atoms with Gasteiger partial charge in [0.05, 0.1) is 4.92 Å². The largest absolute Gasteiger partial charge is 0.382 e. The van der Waals surface area contributed by atoms with Crippen molar-refractivity contribution < 1.29 is 4.92 Å². The number of rotatable bonds is 7. The fraction of sp³-hybridized carbons (Fsp3) is 0.600. The van der Waals surface area contributed by atoms with Gasteiger partial charge in [0.2, 0.25) is 0 Å². The number of benzene rings is 1. The lowest BCUT2D eigenvalue weighted by atomic mass is 10.0. The maximum atomic E-state index is 11.0. The van der Waals surface area contributed by atoms with Gasteiger partial charge in [-0.3, -0.25) is 10.1 Å². The Hall–Kier alpha value is -1.58. The summed E-state index contributed by atoms with van der Waals surface area (Å²) in [5.41, 5.74) is 1.83. The average molecular weight is 264 g/mol. The molecule has 1 N–H and O–H groups in total. The number of hydrogen-bond donors (Lipinski definition) is 1. The molecule has 0 heterocycles. The summed E-state index contributed by atoms with van der Waals surface area (Å²) in [6, 6.07) is 5.74. The first-order chi connectivity index (χ1) is 8.93. The summed E-state index contributed by atoms with van der Waals surface area (Å²) >= 11 is 0. The fourth-order valence-corrected chi connectivity index (χ4v) is 2.06. The highest BCUT2D eigenvalue weighted by atomic mass is 16.6. The molecular weight excluding hydrogens is 240 g/mol. The van der Waals surface area contributed by atoms with Crippen LogP contribution in [0.4, 0.5) is 11.4 Å². The Morgan fingerprint density at radius 1 is 1.26 bits per heavy atom. The van der Waals surface area contributed by atoms with Gasteiger partial charge in [0.1, 0.15) is 0 Å². The molecule has 1 aromatic rings. The first-order valence-corrected chi connectivity index (χ1v) is 6.97. The van der Waals surface area contributed by atoms with Gasteiger partial charge in [0, 0.05) is 23.4 Å². The van der Waals surface area contributed by atoms with E-state index in [1.54, 1.807) is 6.07 Å². The Kier molecular flexibility index (Phi) is 5.80. The van der Waals surface area contributed by atoms with Crippen LogP contribution in [0.1, 0.15) is 46.1 Å². The first kappa shape index (κ1) is 15.5. The number of nitrogens with zero attached hydrogens (tertiary/aromatic N) is 1. The van der Waals surface area contributed by atoms with E-state index in [2.05, 4.69) is 26.1 Å². The minimum Gasteiger partial charge on any atom is -0.382 e. The quantitative estimate of drug-likeness (QED) is 0.587. The number of nitrogens with one attached hydrogen (secondary N) is 1. The van der Waals surface area contributed by atoms with Gasteiger partial charge in [0.15, 0.2) is 0 Å². The van der Waals surface area contributed by atoms with E-state index in [4.69, 9.17) is 0 Å². The van der Waals surface area contributed by atoms with Gasteiger partial charge >= 0.3 is 0 Å². The zero-order valence-corrected chi connectivity index (χ0v) is 12.3. The van der Waals surface area contributed by atoms with Gasteiger partial charge in [0.25, 0.3) is 5.69 Å². The monoisotopic (exact) mass is 264 g/mol. The Morgan fingerprint density at radius 2 is 1.95 bits per heavy atom. The minimum atomic E-state index is -0.303. The summed E-state index contributed by atoms with van der Waals surface area (Å²) in [7, 11) is 0. The normalized spacial score (nSPS) is 12.5. The van der Waals surface area contributed by atoms with Crippen molar-refractivity contribution in [2.75, 3.05) is 5.32 Å². The van der Waals surface area contributed by atoms with Crippen molar-refractivity contribution in [1.82, 2.24) is 0 Å². The summed E-state index contributed by atoms with van der Waals surface area (Å²) in [6.07, 6.45) is 2.91. The van der Waals surface area contributed by atoms with E-state index >= 15 is 0 Å². The topological polar surface area (TPSA) is 55.2 Å². The second-order valence-electron chi connectivity index (χ2n) is 5.47. The first-order valence-electron chi connectivity index (χ1n) is 6.97. The fourth-order valence-electron chi connectivity index (χ4n) is 2.06. The highest BCUT2D eigenvalue weighted by Gasteiger charge is 2.13. The lowest BCUT2D eigenvalue weighted by molar-refractivity contribution is -0.385. The molecular formula is C15H24N2O2. The standard InChI is InChI=1S/C15H24N2O2/c1-5-13-8-9-14(10-15(13)17(18)19)16-12(4)7-6-11(2)3/h8-12,16H,5-7H2,1-4H3. The number of nitro benzene ring substituents is 1. The third-order valence-corrected chi connectivity index (χ3v) is 3.25. The molecule has 0 aromatic heterocycles. The molecule has 1 rings (SSSR count). The zero-order chi connectivity index (χ0) is 14.4. The number of hydrogen-bond acceptors (Lipinski definition) is 3. The molecule has 0 bridgehead atoms. The van der Waals surface area contributed by atoms with Crippen LogP contribution in [0.25, 0.3) is 0 Å². The van der Waals surface area contributed by atoms with Crippen LogP contribution in [0.2, 0.25) is 0 Å². The van der Waals surface area contributed by atoms with Crippen LogP contribution in [-0.2, 0) is 6.42 Å². The highest BCUT2D eigenvalue weighted by Crippen LogP contribution is 2.24. The van der Waals surface area contributed by atoms with E-state index in [1.807, 2.05) is 19.1 Å². The van der Waals surface area contributed by atoms with Crippen molar-refractivity contribution in [2.45, 2.75) is 53.0 Å². The van der Waals surface area contributed by atoms with Crippen LogP contribution in [0.15, 0.2) is 18.2 Å². The Labute approximate surface area is 115 Å². The molecule has 1 atom stereocenters. The molecule has 4 heteroatoms. The van der Waals surface area contributed by atoms with Crippen molar-refractivity contribution in [1.29, 1.82) is 0 Å². The number of anilines is 1. The lowest BCUT2D eigenvalue weighted by Gasteiger charge is -2.16. The van der Waals surface area contributed by atoms with Crippen molar-refractivity contribution >= 4 is 11.4 Å². The van der Waals surface area contributed by atoms with Crippen LogP contribution in [0.5, 0.6) is 0 Å². The number of nitro groups is 1. The zero-order valence-electron chi connectivity index (χ0n) is 12.3. The van der Waals surface area contributed by atoms with Crippen molar-refractivity contribution in [3.05, 3.63) is 33.9 Å². The molecule has 4 nitrogen and oxygen atoms in total. The third kappa shape index (κ3) is 4.89. The third-order valence-electron chi connectivity index (χ3n) is 3.25. The molecule has 0 spiro atoms. The molecule has 0 aliphatic heterocycles. The van der Waals surface area contributed by atoms with Gasteiger partial charge in [-0.05, 0) is 38.2 Å². The SMILES string of the molecule is CCc1ccc(NC(C)CCC(C)C)cc1[N+](=O)[O-]. The molecule has 0 aliphatic rings. The van der Waals surface area contributed by atoms with E-state index in [1.165, 1.54) is 0 Å². The average Bonchev–Trinajstić information content (AvgIpc) is 2.36. The summed E-state index contributed by atoms with van der Waals surface area (Å²) in [6.45, 7) is 8.45. The Bertz CT molecular complexity index is 430.